The average molecular weight is 182 g/mol. The first-order valence-electron chi connectivity index (χ1n) is 4.82. The lowest BCUT2D eigenvalue weighted by Crippen LogP contribution is -2.56. The molecular weight excluding hydrogens is 164 g/mol. The van der Waals surface area contributed by atoms with Crippen LogP contribution in [0.3, 0.4) is 0 Å². The number of nitrogens with one attached hydrogen (secondary N) is 1. The molecular formula is C10H18N2O. The topological polar surface area (TPSA) is 32.3 Å². The molecule has 1 heterocycles. The van der Waals surface area contributed by atoms with Crippen LogP contribution < -0.4 is 5.32 Å². The van der Waals surface area contributed by atoms with Crippen molar-refractivity contribution in [2.24, 2.45) is 0 Å². The molecule has 0 aromatic heterocycles. The fourth-order valence-electron chi connectivity index (χ4n) is 1.80. The van der Waals surface area contributed by atoms with Crippen LogP contribution in [0.25, 0.3) is 0 Å². The Morgan fingerprint density at radius 1 is 1.38 bits per heavy atom. The molecule has 2 atom stereocenters. The Bertz CT molecular complexity index is 203. The Morgan fingerprint density at radius 3 is 2.38 bits per heavy atom. The van der Waals surface area contributed by atoms with Crippen LogP contribution in [0.1, 0.15) is 20.8 Å². The Balaban J connectivity index is 2.68. The lowest BCUT2D eigenvalue weighted by molar-refractivity contribution is -0.131. The molecule has 1 aliphatic rings. The summed E-state index contributed by atoms with van der Waals surface area (Å²) in [6.07, 6.45) is 3.43. The predicted molar refractivity (Wildman–Crippen MR) is 53.5 cm³/mol. The molecule has 13 heavy (non-hydrogen) atoms. The van der Waals surface area contributed by atoms with Crippen LogP contribution >= 0.6 is 0 Å². The van der Waals surface area contributed by atoms with Crippen molar-refractivity contribution in [3.05, 3.63) is 12.2 Å². The number of piperazine rings is 1. The molecule has 1 fully saturated rings. The first kappa shape index (κ1) is 10.3. The van der Waals surface area contributed by atoms with Crippen molar-refractivity contribution in [3.8, 4) is 0 Å². The molecule has 2 unspecified atom stereocenters. The van der Waals surface area contributed by atoms with Gasteiger partial charge in [-0.05, 0) is 26.8 Å². The van der Waals surface area contributed by atoms with E-state index in [0.717, 1.165) is 13.1 Å². The van der Waals surface area contributed by atoms with Gasteiger partial charge in [0.05, 0.1) is 0 Å². The van der Waals surface area contributed by atoms with Crippen LogP contribution in [0.4, 0.5) is 0 Å². The minimum absolute atomic E-state index is 0.129. The molecule has 0 aromatic carbocycles. The highest BCUT2D eigenvalue weighted by Crippen LogP contribution is 2.10. The maximum absolute atomic E-state index is 11.6. The number of allylic oxidation sites excluding steroid dienone is 1. The minimum Gasteiger partial charge on any atom is -0.331 e. The molecule has 0 spiro atoms. The van der Waals surface area contributed by atoms with E-state index < -0.39 is 0 Å². The molecule has 1 aliphatic heterocycles. The van der Waals surface area contributed by atoms with E-state index in [1.165, 1.54) is 0 Å². The van der Waals surface area contributed by atoms with E-state index in [2.05, 4.69) is 19.2 Å². The van der Waals surface area contributed by atoms with Crippen molar-refractivity contribution in [1.29, 1.82) is 0 Å². The van der Waals surface area contributed by atoms with E-state index in [4.69, 9.17) is 0 Å². The van der Waals surface area contributed by atoms with Crippen LogP contribution in [0.2, 0.25) is 0 Å². The Labute approximate surface area is 79.8 Å². The second-order valence-corrected chi connectivity index (χ2v) is 3.60. The number of hydrogen-bond donors (Lipinski definition) is 1. The van der Waals surface area contributed by atoms with Crippen LogP contribution in [0, 0.1) is 0 Å². The normalized spacial score (nSPS) is 29.6. The summed E-state index contributed by atoms with van der Waals surface area (Å²) in [7, 11) is 0. The van der Waals surface area contributed by atoms with Gasteiger partial charge in [0.2, 0.25) is 5.91 Å². The van der Waals surface area contributed by atoms with Crippen LogP contribution in [0.15, 0.2) is 12.2 Å². The molecule has 3 nitrogen and oxygen atoms in total. The summed E-state index contributed by atoms with van der Waals surface area (Å²) in [5, 5.41) is 3.29. The van der Waals surface area contributed by atoms with Gasteiger partial charge in [0.1, 0.15) is 0 Å². The number of amides is 1. The van der Waals surface area contributed by atoms with Crippen molar-refractivity contribution < 1.29 is 4.79 Å². The largest absolute Gasteiger partial charge is 0.331 e. The second kappa shape index (κ2) is 4.42. The monoisotopic (exact) mass is 182 g/mol. The smallest absolute Gasteiger partial charge is 0.246 e. The second-order valence-electron chi connectivity index (χ2n) is 3.60. The number of carbonyl (C=O) groups excluding carboxylic acids is 1. The average Bonchev–Trinajstić information content (AvgIpc) is 2.04. The summed E-state index contributed by atoms with van der Waals surface area (Å²) in [6.45, 7) is 7.81. The first-order chi connectivity index (χ1) is 6.16. The third-order valence-electron chi connectivity index (χ3n) is 2.39. The maximum atomic E-state index is 11.6. The molecule has 1 amide bonds. The molecule has 3 heteroatoms. The van der Waals surface area contributed by atoms with E-state index in [-0.39, 0.29) is 5.91 Å². The van der Waals surface area contributed by atoms with Crippen molar-refractivity contribution in [2.75, 3.05) is 13.1 Å². The van der Waals surface area contributed by atoms with Gasteiger partial charge in [-0.25, -0.2) is 0 Å². The number of rotatable bonds is 1. The van der Waals surface area contributed by atoms with Gasteiger partial charge in [-0.3, -0.25) is 4.79 Å². The molecule has 1 N–H and O–H groups in total. The van der Waals surface area contributed by atoms with E-state index in [0.29, 0.717) is 12.1 Å². The lowest BCUT2D eigenvalue weighted by atomic mass is 10.1. The van der Waals surface area contributed by atoms with Crippen molar-refractivity contribution >= 4 is 5.91 Å². The zero-order chi connectivity index (χ0) is 9.84. The third kappa shape index (κ3) is 2.31. The van der Waals surface area contributed by atoms with Gasteiger partial charge >= 0.3 is 0 Å². The summed E-state index contributed by atoms with van der Waals surface area (Å²) in [4.78, 5) is 13.6. The summed E-state index contributed by atoms with van der Waals surface area (Å²) in [5.74, 6) is 0.129. The van der Waals surface area contributed by atoms with E-state index >= 15 is 0 Å². The highest BCUT2D eigenvalue weighted by Gasteiger charge is 2.26. The highest BCUT2D eigenvalue weighted by molar-refractivity contribution is 5.88. The summed E-state index contributed by atoms with van der Waals surface area (Å²) >= 11 is 0. The van der Waals surface area contributed by atoms with Gasteiger partial charge in [0.15, 0.2) is 0 Å². The summed E-state index contributed by atoms with van der Waals surface area (Å²) in [6, 6.07) is 0.597. The van der Waals surface area contributed by atoms with Crippen LogP contribution in [-0.4, -0.2) is 36.0 Å². The lowest BCUT2D eigenvalue weighted by Gasteiger charge is -2.38. The molecule has 0 bridgehead atoms. The quantitative estimate of drug-likeness (QED) is 0.608. The van der Waals surface area contributed by atoms with Gasteiger partial charge in [0, 0.05) is 25.2 Å². The molecule has 74 valence electrons. The first-order valence-corrected chi connectivity index (χ1v) is 4.82. The van der Waals surface area contributed by atoms with Crippen LogP contribution in [0.5, 0.6) is 0 Å². The Hall–Kier alpha value is -0.830. The van der Waals surface area contributed by atoms with Gasteiger partial charge in [0.25, 0.3) is 0 Å². The molecule has 0 radical (unpaired) electrons. The van der Waals surface area contributed by atoms with Gasteiger partial charge in [-0.15, -0.1) is 0 Å². The minimum atomic E-state index is 0.129. The maximum Gasteiger partial charge on any atom is 0.246 e. The zero-order valence-corrected chi connectivity index (χ0v) is 8.58. The van der Waals surface area contributed by atoms with Gasteiger partial charge in [-0.2, -0.15) is 0 Å². The fraction of sp³-hybridized carbons (Fsp3) is 0.700. The van der Waals surface area contributed by atoms with Crippen molar-refractivity contribution in [1.82, 2.24) is 10.2 Å². The predicted octanol–water partition coefficient (Wildman–Crippen LogP) is 0.771. The number of nitrogens with zero attached hydrogens (tertiary/aromatic N) is 1. The fourth-order valence-corrected chi connectivity index (χ4v) is 1.80. The van der Waals surface area contributed by atoms with E-state index in [9.17, 15) is 4.79 Å². The molecule has 0 aliphatic carbocycles. The van der Waals surface area contributed by atoms with Crippen LogP contribution in [-0.2, 0) is 4.79 Å². The van der Waals surface area contributed by atoms with E-state index in [1.807, 2.05) is 11.8 Å². The Kier molecular flexibility index (Phi) is 3.48. The Morgan fingerprint density at radius 2 is 1.92 bits per heavy atom. The van der Waals surface area contributed by atoms with E-state index in [1.54, 1.807) is 12.2 Å². The molecule has 0 aromatic rings. The number of carbonyl (C=O) groups is 1. The summed E-state index contributed by atoms with van der Waals surface area (Å²) in [5.41, 5.74) is 0. The molecule has 1 saturated heterocycles. The molecule has 0 saturated carbocycles. The summed E-state index contributed by atoms with van der Waals surface area (Å²) < 4.78 is 0. The standard InChI is InChI=1S/C10H18N2O/c1-4-5-10(13)12-8(2)6-11-7-9(12)3/h4-5,8-9,11H,6-7H2,1-3H3. The van der Waals surface area contributed by atoms with Gasteiger partial charge < -0.3 is 10.2 Å². The highest BCUT2D eigenvalue weighted by atomic mass is 16.2. The third-order valence-corrected chi connectivity index (χ3v) is 2.39. The van der Waals surface area contributed by atoms with Crippen molar-refractivity contribution in [2.45, 2.75) is 32.9 Å². The van der Waals surface area contributed by atoms with Gasteiger partial charge in [-0.1, -0.05) is 6.08 Å². The number of hydrogen-bond acceptors (Lipinski definition) is 2. The zero-order valence-electron chi connectivity index (χ0n) is 8.58. The SMILES string of the molecule is CC=CC(=O)N1C(C)CNCC1C. The van der Waals surface area contributed by atoms with Crippen molar-refractivity contribution in [3.63, 3.8) is 0 Å². The molecule has 1 rings (SSSR count).